The van der Waals surface area contributed by atoms with Crippen LogP contribution in [0.1, 0.15) is 15.9 Å². The van der Waals surface area contributed by atoms with E-state index in [0.717, 1.165) is 36.4 Å². The van der Waals surface area contributed by atoms with Gasteiger partial charge in [-0.05, 0) is 35.9 Å². The largest absolute Gasteiger partial charge is 0.490 e. The highest BCUT2D eigenvalue weighted by molar-refractivity contribution is 5.98. The molecule has 0 saturated carbocycles. The van der Waals surface area contributed by atoms with Crippen LogP contribution in [0.2, 0.25) is 0 Å². The van der Waals surface area contributed by atoms with E-state index in [2.05, 4.69) is 4.90 Å². The van der Waals surface area contributed by atoms with E-state index in [1.165, 1.54) is 4.90 Å². The predicted molar refractivity (Wildman–Crippen MR) is 102 cm³/mol. The Hall–Kier alpha value is -3.06. The summed E-state index contributed by atoms with van der Waals surface area (Å²) in [6, 6.07) is 10.8. The van der Waals surface area contributed by atoms with E-state index in [-0.39, 0.29) is 19.1 Å². The number of aldehydes is 1. The molecular formula is C20H22N2O5. The van der Waals surface area contributed by atoms with Gasteiger partial charge in [-0.2, -0.15) is 0 Å². The third-order valence-electron chi connectivity index (χ3n) is 4.51. The van der Waals surface area contributed by atoms with Crippen LogP contribution in [0.15, 0.2) is 36.4 Å². The summed E-state index contributed by atoms with van der Waals surface area (Å²) in [4.78, 5) is 25.4. The molecule has 1 N–H and O–H groups in total. The van der Waals surface area contributed by atoms with Gasteiger partial charge < -0.3 is 24.4 Å². The SMILES string of the molecule is CN1C(=O)COc2ccc(C=O)cc21.CN1CCOc2ccc(CO)cc21. The van der Waals surface area contributed by atoms with Crippen LogP contribution in [-0.2, 0) is 11.4 Å². The molecule has 7 heteroatoms. The average molecular weight is 370 g/mol. The van der Waals surface area contributed by atoms with E-state index < -0.39 is 0 Å². The Kier molecular flexibility index (Phi) is 5.61. The summed E-state index contributed by atoms with van der Waals surface area (Å²) in [6.07, 6.45) is 0.743. The zero-order chi connectivity index (χ0) is 19.4. The molecule has 0 fully saturated rings. The fraction of sp³-hybridized carbons (Fsp3) is 0.300. The van der Waals surface area contributed by atoms with Gasteiger partial charge in [0.1, 0.15) is 24.4 Å². The van der Waals surface area contributed by atoms with Crippen LogP contribution >= 0.6 is 0 Å². The third kappa shape index (κ3) is 4.03. The molecule has 142 valence electrons. The number of hydrogen-bond donors (Lipinski definition) is 1. The van der Waals surface area contributed by atoms with Crippen molar-refractivity contribution in [2.24, 2.45) is 0 Å². The monoisotopic (exact) mass is 370 g/mol. The molecule has 1 amide bonds. The molecule has 0 saturated heterocycles. The zero-order valence-electron chi connectivity index (χ0n) is 15.3. The first kappa shape index (κ1) is 18.7. The topological polar surface area (TPSA) is 79.3 Å². The zero-order valence-corrected chi connectivity index (χ0v) is 15.3. The molecule has 0 spiro atoms. The van der Waals surface area contributed by atoms with Gasteiger partial charge in [0.25, 0.3) is 5.91 Å². The highest BCUT2D eigenvalue weighted by atomic mass is 16.5. The van der Waals surface area contributed by atoms with Crippen molar-refractivity contribution in [3.8, 4) is 11.5 Å². The fourth-order valence-corrected chi connectivity index (χ4v) is 2.86. The summed E-state index contributed by atoms with van der Waals surface area (Å²) < 4.78 is 10.7. The van der Waals surface area contributed by atoms with Crippen LogP contribution in [0, 0.1) is 0 Å². The van der Waals surface area contributed by atoms with Gasteiger partial charge in [-0.3, -0.25) is 9.59 Å². The summed E-state index contributed by atoms with van der Waals surface area (Å²) in [5, 5.41) is 8.97. The number of amides is 1. The van der Waals surface area contributed by atoms with E-state index in [4.69, 9.17) is 14.6 Å². The first-order chi connectivity index (χ1) is 13.0. The van der Waals surface area contributed by atoms with Gasteiger partial charge in [-0.25, -0.2) is 0 Å². The van der Waals surface area contributed by atoms with Gasteiger partial charge in [0, 0.05) is 19.7 Å². The third-order valence-corrected chi connectivity index (χ3v) is 4.51. The van der Waals surface area contributed by atoms with Crippen molar-refractivity contribution in [2.75, 3.05) is 43.7 Å². The molecular weight excluding hydrogens is 348 g/mol. The number of anilines is 2. The van der Waals surface area contributed by atoms with Crippen LogP contribution in [0.3, 0.4) is 0 Å². The number of aliphatic hydroxyl groups excluding tert-OH is 1. The van der Waals surface area contributed by atoms with E-state index >= 15 is 0 Å². The quantitative estimate of drug-likeness (QED) is 0.813. The summed E-state index contributed by atoms with van der Waals surface area (Å²) in [6.45, 7) is 1.79. The van der Waals surface area contributed by atoms with Crippen molar-refractivity contribution >= 4 is 23.6 Å². The van der Waals surface area contributed by atoms with Crippen molar-refractivity contribution in [1.29, 1.82) is 0 Å². The highest BCUT2D eigenvalue weighted by Crippen LogP contribution is 2.32. The minimum atomic E-state index is -0.111. The number of fused-ring (bicyclic) bond motifs is 2. The molecule has 4 rings (SSSR count). The second kappa shape index (κ2) is 8.09. The lowest BCUT2D eigenvalue weighted by atomic mass is 10.1. The Balaban J connectivity index is 0.000000156. The lowest BCUT2D eigenvalue weighted by Gasteiger charge is -2.27. The predicted octanol–water partition coefficient (Wildman–Crippen LogP) is 1.86. The Morgan fingerprint density at radius 2 is 1.81 bits per heavy atom. The average Bonchev–Trinajstić information content (AvgIpc) is 2.71. The molecule has 0 atom stereocenters. The number of aliphatic hydroxyl groups is 1. The number of ether oxygens (including phenoxy) is 2. The van der Waals surface area contributed by atoms with Crippen LogP contribution in [0.25, 0.3) is 0 Å². The maximum Gasteiger partial charge on any atom is 0.264 e. The standard InChI is InChI=1S/C10H9NO3.C10H13NO2/c1-11-8-4-7(5-12)2-3-9(8)14-6-10(11)13;1-11-4-5-13-10-3-2-8(7-12)6-9(10)11/h2-5H,6H2,1H3;2-3,6,12H,4-5,7H2,1H3. The van der Waals surface area contributed by atoms with Crippen molar-refractivity contribution in [1.82, 2.24) is 0 Å². The number of nitrogens with zero attached hydrogens (tertiary/aromatic N) is 2. The second-order valence-corrected chi connectivity index (χ2v) is 6.32. The number of carbonyl (C=O) groups is 2. The molecule has 0 aromatic heterocycles. The minimum Gasteiger partial charge on any atom is -0.490 e. The normalized spacial score (nSPS) is 14.9. The van der Waals surface area contributed by atoms with Crippen molar-refractivity contribution in [2.45, 2.75) is 6.61 Å². The molecule has 2 aromatic carbocycles. The van der Waals surface area contributed by atoms with Crippen LogP contribution in [0.4, 0.5) is 11.4 Å². The van der Waals surface area contributed by atoms with Crippen molar-refractivity contribution in [3.63, 3.8) is 0 Å². The maximum absolute atomic E-state index is 11.3. The molecule has 0 bridgehead atoms. The first-order valence-electron chi connectivity index (χ1n) is 8.59. The molecule has 27 heavy (non-hydrogen) atoms. The summed E-state index contributed by atoms with van der Waals surface area (Å²) in [5.41, 5.74) is 3.17. The number of likely N-dealkylation sites (N-methyl/N-ethyl adjacent to an activating group) is 2. The maximum atomic E-state index is 11.3. The highest BCUT2D eigenvalue weighted by Gasteiger charge is 2.22. The van der Waals surface area contributed by atoms with E-state index in [1.54, 1.807) is 25.2 Å². The lowest BCUT2D eigenvalue weighted by molar-refractivity contribution is -0.120. The fourth-order valence-electron chi connectivity index (χ4n) is 2.86. The van der Waals surface area contributed by atoms with Crippen LogP contribution in [-0.4, -0.2) is 51.2 Å². The molecule has 0 radical (unpaired) electrons. The van der Waals surface area contributed by atoms with Gasteiger partial charge in [-0.15, -0.1) is 0 Å². The molecule has 2 aliphatic heterocycles. The van der Waals surface area contributed by atoms with E-state index in [1.807, 2.05) is 25.2 Å². The number of hydrogen-bond acceptors (Lipinski definition) is 6. The van der Waals surface area contributed by atoms with Crippen LogP contribution < -0.4 is 19.3 Å². The van der Waals surface area contributed by atoms with Gasteiger partial charge in [-0.1, -0.05) is 6.07 Å². The van der Waals surface area contributed by atoms with Crippen molar-refractivity contribution in [3.05, 3.63) is 47.5 Å². The molecule has 2 aliphatic rings. The minimum absolute atomic E-state index is 0.0595. The summed E-state index contributed by atoms with van der Waals surface area (Å²) in [7, 11) is 3.70. The number of rotatable bonds is 2. The molecule has 0 unspecified atom stereocenters. The second-order valence-electron chi connectivity index (χ2n) is 6.32. The Bertz CT molecular complexity index is 852. The summed E-state index contributed by atoms with van der Waals surface area (Å²) in [5.74, 6) is 1.43. The molecule has 7 nitrogen and oxygen atoms in total. The Labute approximate surface area is 157 Å². The van der Waals surface area contributed by atoms with Gasteiger partial charge in [0.05, 0.1) is 24.5 Å². The molecule has 0 aliphatic carbocycles. The van der Waals surface area contributed by atoms with Gasteiger partial charge >= 0.3 is 0 Å². The van der Waals surface area contributed by atoms with Crippen molar-refractivity contribution < 1.29 is 24.2 Å². The van der Waals surface area contributed by atoms with Gasteiger partial charge in [0.2, 0.25) is 0 Å². The van der Waals surface area contributed by atoms with E-state index in [0.29, 0.717) is 17.0 Å². The lowest BCUT2D eigenvalue weighted by Crippen LogP contribution is -2.35. The first-order valence-corrected chi connectivity index (χ1v) is 8.59. The van der Waals surface area contributed by atoms with Gasteiger partial charge in [0.15, 0.2) is 6.61 Å². The van der Waals surface area contributed by atoms with E-state index in [9.17, 15) is 9.59 Å². The smallest absolute Gasteiger partial charge is 0.264 e. The summed E-state index contributed by atoms with van der Waals surface area (Å²) >= 11 is 0. The number of benzene rings is 2. The molecule has 2 aromatic rings. The Morgan fingerprint density at radius 3 is 2.56 bits per heavy atom. The Morgan fingerprint density at radius 1 is 1.07 bits per heavy atom. The van der Waals surface area contributed by atoms with Crippen LogP contribution in [0.5, 0.6) is 11.5 Å². The number of carbonyl (C=O) groups excluding carboxylic acids is 2. The molecule has 2 heterocycles.